The molecule has 1 saturated carbocycles. The van der Waals surface area contributed by atoms with Gasteiger partial charge in [0.15, 0.2) is 6.61 Å². The van der Waals surface area contributed by atoms with Crippen molar-refractivity contribution in [3.63, 3.8) is 0 Å². The maximum Gasteiger partial charge on any atom is 0.260 e. The third-order valence-electron chi connectivity index (χ3n) is 6.61. The Morgan fingerprint density at radius 1 is 1.22 bits per heavy atom. The van der Waals surface area contributed by atoms with E-state index in [1.165, 1.54) is 12.8 Å². The molecule has 1 aromatic carbocycles. The van der Waals surface area contributed by atoms with Gasteiger partial charge in [-0.2, -0.15) is 0 Å². The van der Waals surface area contributed by atoms with Gasteiger partial charge in [-0.05, 0) is 69.1 Å². The normalized spacial score (nSPS) is 25.3. The quantitative estimate of drug-likeness (QED) is 0.801. The Balaban J connectivity index is 1.36. The Bertz CT molecular complexity index is 743. The first-order valence-electron chi connectivity index (χ1n) is 10.2. The molecule has 3 fully saturated rings. The molecule has 1 aliphatic carbocycles. The second-order valence-electron chi connectivity index (χ2n) is 8.63. The monoisotopic (exact) mass is 370 g/mol. The molecular weight excluding hydrogens is 340 g/mol. The van der Waals surface area contributed by atoms with E-state index in [0.717, 1.165) is 49.2 Å². The van der Waals surface area contributed by atoms with Crippen molar-refractivity contribution in [2.75, 3.05) is 32.8 Å². The van der Waals surface area contributed by atoms with E-state index in [2.05, 4.69) is 4.90 Å². The maximum absolute atomic E-state index is 13.1. The zero-order valence-corrected chi connectivity index (χ0v) is 16.5. The van der Waals surface area contributed by atoms with Crippen molar-refractivity contribution in [2.24, 2.45) is 11.3 Å². The molecule has 5 heteroatoms. The first kappa shape index (κ1) is 18.3. The van der Waals surface area contributed by atoms with E-state index in [1.54, 1.807) is 0 Å². The summed E-state index contributed by atoms with van der Waals surface area (Å²) in [7, 11) is 0. The average molecular weight is 370 g/mol. The Morgan fingerprint density at radius 3 is 2.81 bits per heavy atom. The number of hydrogen-bond acceptors (Lipinski definition) is 3. The van der Waals surface area contributed by atoms with Crippen LogP contribution < -0.4 is 4.74 Å². The van der Waals surface area contributed by atoms with Crippen molar-refractivity contribution in [3.8, 4) is 5.75 Å². The molecule has 2 heterocycles. The number of ether oxygens (including phenoxy) is 1. The second-order valence-corrected chi connectivity index (χ2v) is 8.63. The number of carbonyl (C=O) groups excluding carboxylic acids is 2. The summed E-state index contributed by atoms with van der Waals surface area (Å²) < 4.78 is 5.79. The van der Waals surface area contributed by atoms with Crippen LogP contribution in [-0.2, 0) is 9.59 Å². The van der Waals surface area contributed by atoms with Gasteiger partial charge in [0.2, 0.25) is 5.91 Å². The number of likely N-dealkylation sites (tertiary alicyclic amines) is 2. The van der Waals surface area contributed by atoms with Crippen molar-refractivity contribution in [2.45, 2.75) is 46.0 Å². The average Bonchev–Trinajstić information content (AvgIpc) is 3.37. The molecule has 146 valence electrons. The molecule has 5 nitrogen and oxygen atoms in total. The fourth-order valence-electron chi connectivity index (χ4n) is 4.51. The SMILES string of the molecule is Cc1cccc(OCC(=O)N2CC[C@@]3(CCCN(CC4CC4)C3=O)C2)c1C. The van der Waals surface area contributed by atoms with Crippen molar-refractivity contribution < 1.29 is 14.3 Å². The smallest absolute Gasteiger partial charge is 0.260 e. The molecule has 4 rings (SSSR count). The number of carbonyl (C=O) groups is 2. The first-order valence-corrected chi connectivity index (χ1v) is 10.2. The van der Waals surface area contributed by atoms with Crippen LogP contribution in [0, 0.1) is 25.2 Å². The van der Waals surface area contributed by atoms with Crippen LogP contribution in [-0.4, -0.2) is 54.4 Å². The standard InChI is InChI=1S/C22H30N2O3/c1-16-5-3-6-19(17(16)2)27-14-20(25)24-12-10-22(15-24)9-4-11-23(21(22)26)13-18-7-8-18/h3,5-6,18H,4,7-15H2,1-2H3/t22-/m0/s1. The molecule has 0 aromatic heterocycles. The molecule has 0 bridgehead atoms. The van der Waals surface area contributed by atoms with Crippen LogP contribution in [0.4, 0.5) is 0 Å². The highest BCUT2D eigenvalue weighted by atomic mass is 16.5. The van der Waals surface area contributed by atoms with E-state index in [9.17, 15) is 9.59 Å². The fraction of sp³-hybridized carbons (Fsp3) is 0.636. The first-order chi connectivity index (χ1) is 13.0. The summed E-state index contributed by atoms with van der Waals surface area (Å²) >= 11 is 0. The Hall–Kier alpha value is -2.04. The lowest BCUT2D eigenvalue weighted by molar-refractivity contribution is -0.146. The number of hydrogen-bond donors (Lipinski definition) is 0. The molecule has 27 heavy (non-hydrogen) atoms. The lowest BCUT2D eigenvalue weighted by Gasteiger charge is -2.39. The van der Waals surface area contributed by atoms with E-state index in [4.69, 9.17) is 4.74 Å². The topological polar surface area (TPSA) is 49.9 Å². The van der Waals surface area contributed by atoms with Crippen molar-refractivity contribution >= 4 is 11.8 Å². The van der Waals surface area contributed by atoms with Gasteiger partial charge < -0.3 is 14.5 Å². The summed E-state index contributed by atoms with van der Waals surface area (Å²) in [5.41, 5.74) is 1.88. The largest absolute Gasteiger partial charge is 0.483 e. The number of benzene rings is 1. The summed E-state index contributed by atoms with van der Waals surface area (Å²) in [4.78, 5) is 29.7. The van der Waals surface area contributed by atoms with Crippen LogP contribution in [0.5, 0.6) is 5.75 Å². The predicted octanol–water partition coefficient (Wildman–Crippen LogP) is 2.93. The maximum atomic E-state index is 13.1. The molecule has 0 unspecified atom stereocenters. The summed E-state index contributed by atoms with van der Waals surface area (Å²) in [6, 6.07) is 5.89. The molecule has 2 amide bonds. The molecule has 2 saturated heterocycles. The number of amides is 2. The van der Waals surface area contributed by atoms with E-state index in [-0.39, 0.29) is 23.8 Å². The van der Waals surface area contributed by atoms with Gasteiger partial charge in [0, 0.05) is 26.2 Å². The van der Waals surface area contributed by atoms with Crippen LogP contribution in [0.1, 0.15) is 43.2 Å². The van der Waals surface area contributed by atoms with E-state index in [1.807, 2.05) is 36.9 Å². The molecule has 0 N–H and O–H groups in total. The Kier molecular flexibility index (Phi) is 4.87. The van der Waals surface area contributed by atoms with Crippen LogP contribution in [0.2, 0.25) is 0 Å². The minimum Gasteiger partial charge on any atom is -0.483 e. The molecular formula is C22H30N2O3. The van der Waals surface area contributed by atoms with Gasteiger partial charge in [0.25, 0.3) is 5.91 Å². The predicted molar refractivity (Wildman–Crippen MR) is 104 cm³/mol. The fourth-order valence-corrected chi connectivity index (χ4v) is 4.51. The molecule has 2 aliphatic heterocycles. The van der Waals surface area contributed by atoms with Gasteiger partial charge in [-0.3, -0.25) is 9.59 Å². The Morgan fingerprint density at radius 2 is 2.04 bits per heavy atom. The summed E-state index contributed by atoms with van der Waals surface area (Å²) in [6.07, 6.45) is 5.28. The molecule has 1 aromatic rings. The molecule has 0 radical (unpaired) electrons. The van der Waals surface area contributed by atoms with Gasteiger partial charge in [0.05, 0.1) is 5.41 Å². The number of rotatable bonds is 5. The lowest BCUT2D eigenvalue weighted by atomic mass is 9.78. The van der Waals surface area contributed by atoms with Crippen LogP contribution in [0.3, 0.4) is 0 Å². The highest BCUT2D eigenvalue weighted by Crippen LogP contribution is 2.41. The Labute approximate surface area is 161 Å². The van der Waals surface area contributed by atoms with Crippen molar-refractivity contribution in [1.82, 2.24) is 9.80 Å². The van der Waals surface area contributed by atoms with E-state index >= 15 is 0 Å². The van der Waals surface area contributed by atoms with E-state index < -0.39 is 0 Å². The minimum absolute atomic E-state index is 0.0140. The van der Waals surface area contributed by atoms with Gasteiger partial charge in [-0.1, -0.05) is 12.1 Å². The molecule has 3 aliphatic rings. The van der Waals surface area contributed by atoms with Crippen molar-refractivity contribution in [1.29, 1.82) is 0 Å². The highest BCUT2D eigenvalue weighted by molar-refractivity contribution is 5.86. The third-order valence-corrected chi connectivity index (χ3v) is 6.61. The summed E-state index contributed by atoms with van der Waals surface area (Å²) in [6.45, 7) is 7.12. The zero-order chi connectivity index (χ0) is 19.0. The number of nitrogens with zero attached hydrogens (tertiary/aromatic N) is 2. The van der Waals surface area contributed by atoms with Crippen LogP contribution in [0.25, 0.3) is 0 Å². The van der Waals surface area contributed by atoms with Gasteiger partial charge in [-0.15, -0.1) is 0 Å². The number of piperidine rings is 1. The zero-order valence-electron chi connectivity index (χ0n) is 16.5. The third kappa shape index (κ3) is 3.69. The molecule has 1 atom stereocenters. The van der Waals surface area contributed by atoms with Gasteiger partial charge in [-0.25, -0.2) is 0 Å². The lowest BCUT2D eigenvalue weighted by Crippen LogP contribution is -2.51. The summed E-state index contributed by atoms with van der Waals surface area (Å²) in [5, 5.41) is 0. The highest BCUT2D eigenvalue weighted by Gasteiger charge is 2.49. The summed E-state index contributed by atoms with van der Waals surface area (Å²) in [5.74, 6) is 1.75. The van der Waals surface area contributed by atoms with Crippen LogP contribution in [0.15, 0.2) is 18.2 Å². The minimum atomic E-state index is -0.345. The number of aryl methyl sites for hydroxylation is 1. The second kappa shape index (κ2) is 7.17. The van der Waals surface area contributed by atoms with Crippen LogP contribution >= 0.6 is 0 Å². The van der Waals surface area contributed by atoms with Crippen molar-refractivity contribution in [3.05, 3.63) is 29.3 Å². The van der Waals surface area contributed by atoms with E-state index in [0.29, 0.717) is 19.0 Å². The van der Waals surface area contributed by atoms with Gasteiger partial charge >= 0.3 is 0 Å². The molecule has 1 spiro atoms. The van der Waals surface area contributed by atoms with Gasteiger partial charge in [0.1, 0.15) is 5.75 Å².